The monoisotopic (exact) mass is 499 g/mol. The van der Waals surface area contributed by atoms with Crippen LogP contribution in [0.5, 0.6) is 0 Å². The molecule has 1 atom stereocenters. The molecule has 0 fully saturated rings. The minimum Gasteiger partial charge on any atom is -0.481 e. The van der Waals surface area contributed by atoms with Crippen LogP contribution < -0.4 is 5.73 Å². The van der Waals surface area contributed by atoms with E-state index in [2.05, 4.69) is 6.92 Å². The van der Waals surface area contributed by atoms with E-state index in [1.54, 1.807) is 6.92 Å². The van der Waals surface area contributed by atoms with Gasteiger partial charge in [-0.3, -0.25) is 4.79 Å². The molecule has 0 rings (SSSR count). The first-order valence-electron chi connectivity index (χ1n) is 15.6. The van der Waals surface area contributed by atoms with Gasteiger partial charge < -0.3 is 15.9 Å². The van der Waals surface area contributed by atoms with Crippen LogP contribution in [0.1, 0.15) is 181 Å². The number of rotatable bonds is 27. The molecule has 0 aromatic rings. The van der Waals surface area contributed by atoms with E-state index in [-0.39, 0.29) is 6.10 Å². The molecule has 0 amide bonds. The van der Waals surface area contributed by atoms with E-state index in [9.17, 15) is 4.79 Å². The first kappa shape index (κ1) is 36.5. The van der Waals surface area contributed by atoms with Crippen LogP contribution in [0.15, 0.2) is 0 Å². The molecule has 0 bridgehead atoms. The van der Waals surface area contributed by atoms with Crippen LogP contribution in [0.3, 0.4) is 0 Å². The third-order valence-electron chi connectivity index (χ3n) is 6.84. The maximum Gasteiger partial charge on any atom is 0.303 e. The fourth-order valence-corrected chi connectivity index (χ4v) is 4.42. The van der Waals surface area contributed by atoms with E-state index in [0.717, 1.165) is 12.8 Å². The van der Waals surface area contributed by atoms with Gasteiger partial charge in [-0.25, -0.2) is 0 Å². The van der Waals surface area contributed by atoms with Crippen molar-refractivity contribution in [2.75, 3.05) is 6.54 Å². The van der Waals surface area contributed by atoms with E-state index < -0.39 is 5.97 Å². The van der Waals surface area contributed by atoms with Crippen LogP contribution in [-0.2, 0) is 4.79 Å². The summed E-state index contributed by atoms with van der Waals surface area (Å²) in [5, 5.41) is 16.8. The molecule has 4 N–H and O–H groups in total. The molecular weight excluding hydrogens is 434 g/mol. The molecule has 212 valence electrons. The van der Waals surface area contributed by atoms with Crippen molar-refractivity contribution in [3.05, 3.63) is 0 Å². The van der Waals surface area contributed by atoms with Crippen molar-refractivity contribution in [1.29, 1.82) is 0 Å². The number of nitrogens with two attached hydrogens (primary N) is 1. The number of aliphatic hydroxyl groups excluding tert-OH is 1. The first-order chi connectivity index (χ1) is 17.0. The summed E-state index contributed by atoms with van der Waals surface area (Å²) < 4.78 is 0. The van der Waals surface area contributed by atoms with E-state index in [4.69, 9.17) is 15.9 Å². The lowest BCUT2D eigenvalue weighted by Gasteiger charge is -2.04. The third-order valence-corrected chi connectivity index (χ3v) is 6.84. The highest BCUT2D eigenvalue weighted by atomic mass is 16.4. The normalized spacial score (nSPS) is 11.8. The number of carbonyl (C=O) groups is 1. The molecule has 0 heterocycles. The predicted molar refractivity (Wildman–Crippen MR) is 154 cm³/mol. The molecule has 1 unspecified atom stereocenters. The Hall–Kier alpha value is -0.610. The molecule has 0 aliphatic carbocycles. The number of unbranched alkanes of at least 4 members (excludes halogenated alkanes) is 24. The van der Waals surface area contributed by atoms with Crippen LogP contribution >= 0.6 is 0 Å². The number of hydrogen-bond donors (Lipinski definition) is 3. The minimum atomic E-state index is -0.649. The summed E-state index contributed by atoms with van der Waals surface area (Å²) in [5.41, 5.74) is 4.92. The zero-order valence-electron chi connectivity index (χ0n) is 24.0. The van der Waals surface area contributed by atoms with Gasteiger partial charge in [-0.05, 0) is 13.3 Å². The lowest BCUT2D eigenvalue weighted by atomic mass is 10.0. The zero-order valence-corrected chi connectivity index (χ0v) is 24.0. The fraction of sp³-hybridized carbons (Fsp3) is 0.968. The Morgan fingerprint density at radius 2 is 0.743 bits per heavy atom. The lowest BCUT2D eigenvalue weighted by molar-refractivity contribution is -0.137. The van der Waals surface area contributed by atoms with Crippen LogP contribution in [0, 0.1) is 0 Å². The molecule has 0 aromatic heterocycles. The molecule has 0 aliphatic rings. The average molecular weight is 500 g/mol. The van der Waals surface area contributed by atoms with Crippen molar-refractivity contribution in [3.8, 4) is 0 Å². The van der Waals surface area contributed by atoms with Crippen molar-refractivity contribution >= 4 is 5.97 Å². The highest BCUT2D eigenvalue weighted by molar-refractivity contribution is 5.66. The van der Waals surface area contributed by atoms with Crippen LogP contribution in [0.4, 0.5) is 0 Å². The lowest BCUT2D eigenvalue weighted by Crippen LogP contribution is -2.14. The number of hydrogen-bond acceptors (Lipinski definition) is 3. The summed E-state index contributed by atoms with van der Waals surface area (Å²) >= 11 is 0. The summed E-state index contributed by atoms with van der Waals surface area (Å²) in [4.78, 5) is 10.4. The van der Waals surface area contributed by atoms with Gasteiger partial charge in [-0.15, -0.1) is 0 Å². The van der Waals surface area contributed by atoms with Crippen molar-refractivity contribution in [2.45, 2.75) is 187 Å². The Morgan fingerprint density at radius 3 is 0.914 bits per heavy atom. The molecule has 0 aliphatic heterocycles. The SMILES string of the molecule is CC(O)CN.CCCCCCCCCCCCCCCCCCCCCCCCCCCC(=O)O. The van der Waals surface area contributed by atoms with Crippen LogP contribution in [0.2, 0.25) is 0 Å². The molecule has 0 saturated carbocycles. The summed E-state index contributed by atoms with van der Waals surface area (Å²) in [7, 11) is 0. The smallest absolute Gasteiger partial charge is 0.303 e. The number of carboxylic acid groups (broad SMARTS) is 1. The van der Waals surface area contributed by atoms with Gasteiger partial charge in [0, 0.05) is 13.0 Å². The quantitative estimate of drug-likeness (QED) is 0.0982. The van der Waals surface area contributed by atoms with E-state index >= 15 is 0 Å². The van der Waals surface area contributed by atoms with Gasteiger partial charge in [0.1, 0.15) is 0 Å². The maximum absolute atomic E-state index is 10.4. The second-order valence-corrected chi connectivity index (χ2v) is 10.7. The number of aliphatic carboxylic acids is 1. The highest BCUT2D eigenvalue weighted by Gasteiger charge is 1.98. The summed E-state index contributed by atoms with van der Waals surface area (Å²) in [6.07, 6.45) is 34.7. The Bertz CT molecular complexity index is 387. The number of aliphatic hydroxyl groups is 1. The van der Waals surface area contributed by atoms with Gasteiger partial charge in [0.25, 0.3) is 0 Å². The summed E-state index contributed by atoms with van der Waals surface area (Å²) in [5.74, 6) is -0.649. The molecule has 35 heavy (non-hydrogen) atoms. The Balaban J connectivity index is 0. The van der Waals surface area contributed by atoms with Gasteiger partial charge >= 0.3 is 5.97 Å². The topological polar surface area (TPSA) is 83.5 Å². The Morgan fingerprint density at radius 1 is 0.543 bits per heavy atom. The van der Waals surface area contributed by atoms with Crippen LogP contribution in [-0.4, -0.2) is 28.8 Å². The zero-order chi connectivity index (χ0) is 26.2. The van der Waals surface area contributed by atoms with Crippen molar-refractivity contribution < 1.29 is 15.0 Å². The Kier molecular flexibility index (Phi) is 34.9. The highest BCUT2D eigenvalue weighted by Crippen LogP contribution is 2.15. The predicted octanol–water partition coefficient (Wildman–Crippen LogP) is 9.56. The molecule has 0 aromatic carbocycles. The average Bonchev–Trinajstić information content (AvgIpc) is 2.84. The van der Waals surface area contributed by atoms with Gasteiger partial charge in [0.15, 0.2) is 0 Å². The molecule has 0 spiro atoms. The Labute approximate surface area is 220 Å². The van der Waals surface area contributed by atoms with Gasteiger partial charge in [-0.2, -0.15) is 0 Å². The second kappa shape index (κ2) is 33.4. The van der Waals surface area contributed by atoms with Gasteiger partial charge in [0.05, 0.1) is 6.10 Å². The molecular formula is C31H65NO3. The maximum atomic E-state index is 10.4. The number of carboxylic acids is 1. The van der Waals surface area contributed by atoms with Gasteiger partial charge in [-0.1, -0.05) is 161 Å². The van der Waals surface area contributed by atoms with E-state index in [1.807, 2.05) is 0 Å². The molecule has 0 saturated heterocycles. The summed E-state index contributed by atoms with van der Waals surface area (Å²) in [6.45, 7) is 4.31. The molecule has 0 radical (unpaired) electrons. The largest absolute Gasteiger partial charge is 0.481 e. The third kappa shape index (κ3) is 40.8. The molecule has 4 nitrogen and oxygen atoms in total. The summed E-state index contributed by atoms with van der Waals surface area (Å²) in [6, 6.07) is 0. The van der Waals surface area contributed by atoms with Crippen molar-refractivity contribution in [2.24, 2.45) is 5.73 Å². The van der Waals surface area contributed by atoms with Crippen LogP contribution in [0.25, 0.3) is 0 Å². The van der Waals surface area contributed by atoms with E-state index in [1.165, 1.54) is 148 Å². The standard InChI is InChI=1S/C28H56O2.C3H9NO/c1-2-3-4-5-6-7-8-9-10-11-12-13-14-15-16-17-18-19-20-21-22-23-24-25-26-27-28(29)30;1-3(5)2-4/h2-27H2,1H3,(H,29,30);3,5H,2,4H2,1H3. The fourth-order valence-electron chi connectivity index (χ4n) is 4.42. The second-order valence-electron chi connectivity index (χ2n) is 10.7. The van der Waals surface area contributed by atoms with Crippen molar-refractivity contribution in [3.63, 3.8) is 0 Å². The van der Waals surface area contributed by atoms with Crippen molar-refractivity contribution in [1.82, 2.24) is 0 Å². The first-order valence-corrected chi connectivity index (χ1v) is 15.6. The molecule has 4 heteroatoms. The van der Waals surface area contributed by atoms with E-state index in [0.29, 0.717) is 13.0 Å². The van der Waals surface area contributed by atoms with Gasteiger partial charge in [0.2, 0.25) is 0 Å². The minimum absolute atomic E-state index is 0.338.